The molecule has 100 valence electrons. The first-order valence-electron chi connectivity index (χ1n) is 4.20. The van der Waals surface area contributed by atoms with Gasteiger partial charge in [0, 0.05) is 0 Å². The second-order valence-electron chi connectivity index (χ2n) is 2.61. The number of carboxylic acids is 2. The van der Waals surface area contributed by atoms with Crippen LogP contribution in [0.1, 0.15) is 0 Å². The van der Waals surface area contributed by atoms with E-state index in [1.165, 1.54) is 6.08 Å². The summed E-state index contributed by atoms with van der Waals surface area (Å²) < 4.78 is 14.0. The highest BCUT2D eigenvalue weighted by Crippen LogP contribution is 2.38. The second-order valence-corrected chi connectivity index (χ2v) is 4.46. The molecule has 0 amide bonds. The molecule has 17 heavy (non-hydrogen) atoms. The predicted octanol–water partition coefficient (Wildman–Crippen LogP) is -1.01. The first kappa shape index (κ1) is 18.1. The molecule has 0 aliphatic carbocycles. The van der Waals surface area contributed by atoms with Crippen LogP contribution in [0.5, 0.6) is 0 Å². The zero-order chi connectivity index (χ0) is 13.9. The molecule has 0 rings (SSSR count). The monoisotopic (exact) mass is 270 g/mol. The third kappa shape index (κ3) is 17.4. The Kier molecular flexibility index (Phi) is 10.6. The van der Waals surface area contributed by atoms with Crippen LogP contribution < -0.4 is 11.2 Å². The molecule has 0 aliphatic heterocycles. The third-order valence-corrected chi connectivity index (χ3v) is 2.13. The van der Waals surface area contributed by atoms with Crippen molar-refractivity contribution in [3.05, 3.63) is 12.7 Å². The SMILES string of the molecule is C=CCP(=O)(O)ON.O=C(O)CNCC(=O)O. The molecule has 0 aliphatic rings. The van der Waals surface area contributed by atoms with Crippen LogP contribution in [0.3, 0.4) is 0 Å². The van der Waals surface area contributed by atoms with E-state index in [0.29, 0.717) is 0 Å². The summed E-state index contributed by atoms with van der Waals surface area (Å²) >= 11 is 0. The average Bonchev–Trinajstić information content (AvgIpc) is 2.17. The first-order valence-corrected chi connectivity index (χ1v) is 5.97. The highest BCUT2D eigenvalue weighted by Gasteiger charge is 2.13. The van der Waals surface area contributed by atoms with E-state index in [2.05, 4.69) is 22.4 Å². The number of allylic oxidation sites excluding steroid dienone is 1. The van der Waals surface area contributed by atoms with E-state index in [-0.39, 0.29) is 19.3 Å². The Morgan fingerprint density at radius 2 is 1.76 bits per heavy atom. The summed E-state index contributed by atoms with van der Waals surface area (Å²) in [4.78, 5) is 27.9. The zero-order valence-electron chi connectivity index (χ0n) is 8.90. The molecule has 9 nitrogen and oxygen atoms in total. The van der Waals surface area contributed by atoms with Gasteiger partial charge in [0.2, 0.25) is 0 Å². The van der Waals surface area contributed by atoms with Crippen molar-refractivity contribution in [1.29, 1.82) is 0 Å². The lowest BCUT2D eigenvalue weighted by molar-refractivity contribution is -0.137. The van der Waals surface area contributed by atoms with Crippen LogP contribution >= 0.6 is 7.60 Å². The summed E-state index contributed by atoms with van der Waals surface area (Å²) in [5.74, 6) is 2.31. The topological polar surface area (TPSA) is 159 Å². The van der Waals surface area contributed by atoms with Crippen LogP contribution in [-0.4, -0.2) is 46.3 Å². The Labute approximate surface area is 97.4 Å². The molecule has 0 aromatic rings. The van der Waals surface area contributed by atoms with Gasteiger partial charge in [-0.2, -0.15) is 0 Å². The second kappa shape index (κ2) is 9.94. The minimum Gasteiger partial charge on any atom is -0.480 e. The van der Waals surface area contributed by atoms with Crippen molar-refractivity contribution in [1.82, 2.24) is 5.32 Å². The van der Waals surface area contributed by atoms with E-state index in [4.69, 9.17) is 15.1 Å². The Morgan fingerprint density at radius 1 is 1.35 bits per heavy atom. The summed E-state index contributed by atoms with van der Waals surface area (Å²) in [7, 11) is -3.51. The van der Waals surface area contributed by atoms with Gasteiger partial charge in [0.25, 0.3) is 0 Å². The van der Waals surface area contributed by atoms with Crippen molar-refractivity contribution in [3.63, 3.8) is 0 Å². The first-order chi connectivity index (χ1) is 7.75. The average molecular weight is 270 g/mol. The van der Waals surface area contributed by atoms with Gasteiger partial charge in [0.1, 0.15) is 0 Å². The summed E-state index contributed by atoms with van der Waals surface area (Å²) in [5.41, 5.74) is 0. The van der Waals surface area contributed by atoms with Crippen molar-refractivity contribution in [3.8, 4) is 0 Å². The summed E-state index contributed by atoms with van der Waals surface area (Å²) in [6.07, 6.45) is 1.16. The minimum absolute atomic E-state index is 0.108. The van der Waals surface area contributed by atoms with Crippen molar-refractivity contribution >= 4 is 19.5 Å². The molecular weight excluding hydrogens is 255 g/mol. The molecule has 1 unspecified atom stereocenters. The van der Waals surface area contributed by atoms with Crippen molar-refractivity contribution < 1.29 is 33.9 Å². The predicted molar refractivity (Wildman–Crippen MR) is 58.3 cm³/mol. The molecule has 0 radical (unpaired) electrons. The molecule has 10 heteroatoms. The summed E-state index contributed by atoms with van der Waals surface area (Å²) in [6, 6.07) is 0. The fourth-order valence-electron chi connectivity index (χ4n) is 0.483. The number of aliphatic carboxylic acids is 2. The van der Waals surface area contributed by atoms with Gasteiger partial charge in [-0.3, -0.25) is 19.5 Å². The molecule has 0 spiro atoms. The van der Waals surface area contributed by atoms with Crippen LogP contribution in [0.15, 0.2) is 12.7 Å². The van der Waals surface area contributed by atoms with E-state index in [9.17, 15) is 14.2 Å². The number of nitrogens with two attached hydrogens (primary N) is 1. The van der Waals surface area contributed by atoms with Crippen LogP contribution in [0.2, 0.25) is 0 Å². The quantitative estimate of drug-likeness (QED) is 0.222. The molecule has 0 heterocycles. The lowest BCUT2D eigenvalue weighted by Crippen LogP contribution is -2.27. The maximum Gasteiger partial charge on any atom is 0.347 e. The molecule has 0 saturated carbocycles. The fraction of sp³-hybridized carbons (Fsp3) is 0.429. The number of nitrogens with one attached hydrogen (secondary N) is 1. The standard InChI is InChI=1S/C4H7NO4.C3H8NO3P/c6-3(7)1-5-2-4(8)9;1-2-3-8(5,6)7-4/h5H,1-2H2,(H,6,7)(H,8,9);2H,1,3-4H2,(H,5,6). The number of hydrogen-bond acceptors (Lipinski definition) is 6. The van der Waals surface area contributed by atoms with Crippen LogP contribution in [0.25, 0.3) is 0 Å². The lowest BCUT2D eigenvalue weighted by atomic mass is 10.6. The molecule has 0 aromatic carbocycles. The van der Waals surface area contributed by atoms with Gasteiger partial charge in [-0.15, -0.1) is 6.58 Å². The number of rotatable bonds is 7. The van der Waals surface area contributed by atoms with Gasteiger partial charge in [-0.05, 0) is 0 Å². The summed E-state index contributed by atoms with van der Waals surface area (Å²) in [5, 5.41) is 18.1. The molecule has 0 saturated heterocycles. The molecule has 1 atom stereocenters. The Morgan fingerprint density at radius 3 is 1.94 bits per heavy atom. The van der Waals surface area contributed by atoms with Crippen molar-refractivity contribution in [2.45, 2.75) is 0 Å². The van der Waals surface area contributed by atoms with Crippen molar-refractivity contribution in [2.75, 3.05) is 19.3 Å². The van der Waals surface area contributed by atoms with Gasteiger partial charge in [-0.1, -0.05) is 6.08 Å². The molecule has 6 N–H and O–H groups in total. The van der Waals surface area contributed by atoms with Crippen LogP contribution in [-0.2, 0) is 18.8 Å². The van der Waals surface area contributed by atoms with E-state index < -0.39 is 19.5 Å². The number of carbonyl (C=O) groups is 2. The highest BCUT2D eigenvalue weighted by molar-refractivity contribution is 7.52. The van der Waals surface area contributed by atoms with E-state index in [1.807, 2.05) is 0 Å². The highest BCUT2D eigenvalue weighted by atomic mass is 31.2. The fourth-order valence-corrected chi connectivity index (χ4v) is 0.895. The van der Waals surface area contributed by atoms with E-state index >= 15 is 0 Å². The maximum atomic E-state index is 10.3. The third-order valence-electron chi connectivity index (χ3n) is 1.08. The van der Waals surface area contributed by atoms with Crippen LogP contribution in [0, 0.1) is 0 Å². The normalized spacial score (nSPS) is 12.8. The van der Waals surface area contributed by atoms with Crippen LogP contribution in [0.4, 0.5) is 0 Å². The number of hydrogen-bond donors (Lipinski definition) is 5. The van der Waals surface area contributed by atoms with Gasteiger partial charge in [0.15, 0.2) is 0 Å². The largest absolute Gasteiger partial charge is 0.480 e. The van der Waals surface area contributed by atoms with Gasteiger partial charge in [-0.25, -0.2) is 10.5 Å². The summed E-state index contributed by atoms with van der Waals surface area (Å²) in [6.45, 7) is 2.60. The zero-order valence-corrected chi connectivity index (χ0v) is 9.80. The van der Waals surface area contributed by atoms with Crippen molar-refractivity contribution in [2.24, 2.45) is 5.90 Å². The Hall–Kier alpha value is -1.25. The van der Waals surface area contributed by atoms with Gasteiger partial charge in [0.05, 0.1) is 19.3 Å². The minimum atomic E-state index is -3.51. The smallest absolute Gasteiger partial charge is 0.347 e. The lowest BCUT2D eigenvalue weighted by Gasteiger charge is -2.01. The van der Waals surface area contributed by atoms with E-state index in [1.54, 1.807) is 0 Å². The molecular formula is C7H15N2O7P. The Balaban J connectivity index is 0. The molecule has 0 aromatic heterocycles. The van der Waals surface area contributed by atoms with E-state index in [0.717, 1.165) is 0 Å². The number of carboxylic acid groups (broad SMARTS) is 2. The van der Waals surface area contributed by atoms with Gasteiger partial charge >= 0.3 is 19.5 Å². The van der Waals surface area contributed by atoms with Gasteiger partial charge < -0.3 is 15.1 Å². The molecule has 0 bridgehead atoms. The molecule has 0 fully saturated rings. The Bertz CT molecular complexity index is 293. The maximum absolute atomic E-state index is 10.3.